The van der Waals surface area contributed by atoms with Crippen LogP contribution in [0.3, 0.4) is 0 Å². The van der Waals surface area contributed by atoms with Crippen LogP contribution in [0.1, 0.15) is 120 Å². The van der Waals surface area contributed by atoms with Gasteiger partial charge in [-0.15, -0.1) is 0 Å². The zero-order valence-corrected chi connectivity index (χ0v) is 24.1. The molecule has 0 saturated heterocycles. The minimum atomic E-state index is -0.603. The molecule has 1 N–H and O–H groups in total. The van der Waals surface area contributed by atoms with Gasteiger partial charge < -0.3 is 9.84 Å². The SMILES string of the molecule is CC(=O)OC1CC[C@]2(C)C3=C(CC[C@H]2C1(C)C)[C@@]1(C)CC[C@@H]([C@H](CCC=C(C)C)C(=O)O)[C@]1(C)CC3. The van der Waals surface area contributed by atoms with Crippen LogP contribution in [0.25, 0.3) is 0 Å². The lowest BCUT2D eigenvalue weighted by Gasteiger charge is -2.62. The molecule has 4 rings (SSSR count). The zero-order valence-electron chi connectivity index (χ0n) is 24.1. The third kappa shape index (κ3) is 4.09. The highest BCUT2D eigenvalue weighted by molar-refractivity contribution is 5.70. The number of fused-ring (bicyclic) bond motifs is 4. The van der Waals surface area contributed by atoms with E-state index in [1.54, 1.807) is 11.1 Å². The lowest BCUT2D eigenvalue weighted by Crippen LogP contribution is -2.56. The summed E-state index contributed by atoms with van der Waals surface area (Å²) in [6.45, 7) is 17.8. The first-order valence-corrected chi connectivity index (χ1v) is 14.4. The number of rotatable bonds is 6. The number of hydrogen-bond acceptors (Lipinski definition) is 3. The minimum absolute atomic E-state index is 0.00680. The number of ether oxygens (including phenoxy) is 1. The van der Waals surface area contributed by atoms with Gasteiger partial charge in [0.25, 0.3) is 0 Å². The summed E-state index contributed by atoms with van der Waals surface area (Å²) in [5.74, 6) is -0.291. The molecule has 0 aromatic heterocycles. The Morgan fingerprint density at radius 3 is 2.28 bits per heavy atom. The number of esters is 1. The van der Waals surface area contributed by atoms with Gasteiger partial charge in [0, 0.05) is 12.3 Å². The molecular weight excluding hydrogens is 448 g/mol. The lowest BCUT2D eigenvalue weighted by molar-refractivity contribution is -0.167. The fourth-order valence-corrected chi connectivity index (χ4v) is 9.81. The highest BCUT2D eigenvalue weighted by Crippen LogP contribution is 2.72. The van der Waals surface area contributed by atoms with Crippen molar-refractivity contribution < 1.29 is 19.4 Å². The highest BCUT2D eigenvalue weighted by Gasteiger charge is 2.64. The monoisotopic (exact) mass is 498 g/mol. The second-order valence-corrected chi connectivity index (χ2v) is 14.1. The predicted octanol–water partition coefficient (Wildman–Crippen LogP) is 8.11. The van der Waals surface area contributed by atoms with Crippen molar-refractivity contribution in [1.29, 1.82) is 0 Å². The second kappa shape index (κ2) is 9.31. The molecule has 0 aromatic carbocycles. The van der Waals surface area contributed by atoms with Gasteiger partial charge in [0.05, 0.1) is 5.92 Å². The molecule has 0 radical (unpaired) electrons. The van der Waals surface area contributed by atoms with E-state index in [1.165, 1.54) is 12.5 Å². The fraction of sp³-hybridized carbons (Fsp3) is 0.812. The topological polar surface area (TPSA) is 63.6 Å². The Kier molecular flexibility index (Phi) is 7.10. The van der Waals surface area contributed by atoms with E-state index < -0.39 is 5.97 Å². The van der Waals surface area contributed by atoms with Crippen molar-refractivity contribution in [2.75, 3.05) is 0 Å². The molecule has 2 saturated carbocycles. The Balaban J connectivity index is 1.67. The summed E-state index contributed by atoms with van der Waals surface area (Å²) in [4.78, 5) is 24.3. The number of carboxylic acid groups (broad SMARTS) is 1. The Hall–Kier alpha value is -1.58. The summed E-state index contributed by atoms with van der Waals surface area (Å²) in [6, 6.07) is 0. The van der Waals surface area contributed by atoms with E-state index in [1.807, 2.05) is 0 Å². The van der Waals surface area contributed by atoms with Gasteiger partial charge in [-0.05, 0) is 106 Å². The molecule has 0 aromatic rings. The van der Waals surface area contributed by atoms with Crippen LogP contribution in [0, 0.1) is 39.4 Å². The molecule has 0 heterocycles. The fourth-order valence-electron chi connectivity index (χ4n) is 9.81. The maximum absolute atomic E-state index is 12.5. The van der Waals surface area contributed by atoms with Gasteiger partial charge >= 0.3 is 11.9 Å². The third-order valence-electron chi connectivity index (χ3n) is 11.9. The van der Waals surface area contributed by atoms with Gasteiger partial charge in [0.2, 0.25) is 0 Å². The molecule has 4 nitrogen and oxygen atoms in total. The Morgan fingerprint density at radius 1 is 0.972 bits per heavy atom. The molecule has 0 bridgehead atoms. The largest absolute Gasteiger partial charge is 0.481 e. The average Bonchev–Trinajstić information content (AvgIpc) is 3.04. The van der Waals surface area contributed by atoms with E-state index in [2.05, 4.69) is 54.5 Å². The molecule has 36 heavy (non-hydrogen) atoms. The van der Waals surface area contributed by atoms with Crippen molar-refractivity contribution in [1.82, 2.24) is 0 Å². The van der Waals surface area contributed by atoms with Gasteiger partial charge in [-0.25, -0.2) is 0 Å². The summed E-state index contributed by atoms with van der Waals surface area (Å²) < 4.78 is 5.84. The lowest BCUT2D eigenvalue weighted by atomic mass is 9.43. The molecule has 4 heteroatoms. The second-order valence-electron chi connectivity index (χ2n) is 14.1. The molecule has 7 atom stereocenters. The number of carboxylic acids is 1. The molecule has 4 aliphatic carbocycles. The summed E-state index contributed by atoms with van der Waals surface area (Å²) in [7, 11) is 0. The number of allylic oxidation sites excluding steroid dienone is 4. The van der Waals surface area contributed by atoms with Crippen LogP contribution in [0.4, 0.5) is 0 Å². The predicted molar refractivity (Wildman–Crippen MR) is 144 cm³/mol. The summed E-state index contributed by atoms with van der Waals surface area (Å²) >= 11 is 0. The van der Waals surface area contributed by atoms with Gasteiger partial charge in [-0.3, -0.25) is 9.59 Å². The average molecular weight is 499 g/mol. The molecule has 0 amide bonds. The van der Waals surface area contributed by atoms with Crippen molar-refractivity contribution in [3.8, 4) is 0 Å². The molecule has 4 aliphatic rings. The number of carbonyl (C=O) groups is 2. The van der Waals surface area contributed by atoms with Crippen molar-refractivity contribution >= 4 is 11.9 Å². The molecule has 202 valence electrons. The third-order valence-corrected chi connectivity index (χ3v) is 11.9. The molecule has 0 spiro atoms. The maximum atomic E-state index is 12.5. The minimum Gasteiger partial charge on any atom is -0.481 e. The number of carbonyl (C=O) groups excluding carboxylic acids is 1. The van der Waals surface area contributed by atoms with Crippen molar-refractivity contribution in [3.05, 3.63) is 22.8 Å². The first-order valence-electron chi connectivity index (χ1n) is 14.4. The smallest absolute Gasteiger partial charge is 0.306 e. The van der Waals surface area contributed by atoms with Crippen LogP contribution < -0.4 is 0 Å². The maximum Gasteiger partial charge on any atom is 0.306 e. The molecule has 1 unspecified atom stereocenters. The summed E-state index contributed by atoms with van der Waals surface area (Å²) in [6.07, 6.45) is 12.4. The van der Waals surface area contributed by atoms with Gasteiger partial charge in [0.1, 0.15) is 6.10 Å². The van der Waals surface area contributed by atoms with E-state index in [-0.39, 0.29) is 45.6 Å². The van der Waals surface area contributed by atoms with Crippen LogP contribution in [0.5, 0.6) is 0 Å². The number of hydrogen-bond donors (Lipinski definition) is 1. The van der Waals surface area contributed by atoms with Gasteiger partial charge in [-0.2, -0.15) is 0 Å². The van der Waals surface area contributed by atoms with Crippen LogP contribution in [0.15, 0.2) is 22.8 Å². The first-order chi connectivity index (χ1) is 16.7. The van der Waals surface area contributed by atoms with Crippen molar-refractivity contribution in [2.24, 2.45) is 39.4 Å². The Morgan fingerprint density at radius 2 is 1.67 bits per heavy atom. The van der Waals surface area contributed by atoms with E-state index in [9.17, 15) is 14.7 Å². The molecule has 2 fully saturated rings. The standard InChI is InChI=1S/C32H50O4/c1-20(2)10-9-11-22(28(34)35)23-14-18-32(8)25-12-13-26-29(4,5)27(36-21(3)33)16-17-30(26,6)24(25)15-19-31(23,32)7/h10,22-23,26-27H,9,11-19H2,1-8H3,(H,34,35)/t22-,23-,26-,27?,30+,31-,32+/m0/s1. The summed E-state index contributed by atoms with van der Waals surface area (Å²) in [5, 5.41) is 10.3. The van der Waals surface area contributed by atoms with Crippen molar-refractivity contribution in [2.45, 2.75) is 126 Å². The van der Waals surface area contributed by atoms with Gasteiger partial charge in [-0.1, -0.05) is 57.4 Å². The van der Waals surface area contributed by atoms with Crippen molar-refractivity contribution in [3.63, 3.8) is 0 Å². The Labute approximate surface area is 219 Å². The molecule has 0 aliphatic heterocycles. The highest BCUT2D eigenvalue weighted by atomic mass is 16.5. The van der Waals surface area contributed by atoms with E-state index in [0.29, 0.717) is 5.92 Å². The van der Waals surface area contributed by atoms with Crippen LogP contribution in [-0.4, -0.2) is 23.1 Å². The van der Waals surface area contributed by atoms with Crippen LogP contribution in [-0.2, 0) is 14.3 Å². The van der Waals surface area contributed by atoms with Crippen LogP contribution >= 0.6 is 0 Å². The van der Waals surface area contributed by atoms with E-state index in [0.717, 1.165) is 64.2 Å². The normalized spacial score (nSPS) is 39.9. The Bertz CT molecular complexity index is 969. The quantitative estimate of drug-likeness (QED) is 0.297. The van der Waals surface area contributed by atoms with E-state index >= 15 is 0 Å². The molecular formula is C32H50O4. The summed E-state index contributed by atoms with van der Waals surface area (Å²) in [5.41, 5.74) is 4.85. The van der Waals surface area contributed by atoms with E-state index in [4.69, 9.17) is 4.74 Å². The zero-order chi connectivity index (χ0) is 26.7. The number of aliphatic carboxylic acids is 1. The van der Waals surface area contributed by atoms with Gasteiger partial charge in [0.15, 0.2) is 0 Å². The van der Waals surface area contributed by atoms with Crippen LogP contribution in [0.2, 0.25) is 0 Å². The first kappa shape index (κ1) is 27.5.